The van der Waals surface area contributed by atoms with Crippen LogP contribution in [0.5, 0.6) is 0 Å². The summed E-state index contributed by atoms with van der Waals surface area (Å²) in [6.45, 7) is 0. The molecule has 0 saturated heterocycles. The van der Waals surface area contributed by atoms with Crippen LogP contribution in [0.4, 0.5) is 22.0 Å². The maximum atomic E-state index is 12.2. The number of thioether (sulfide) groups is 1. The second-order valence-corrected chi connectivity index (χ2v) is 3.91. The molecule has 0 saturated carbocycles. The summed E-state index contributed by atoms with van der Waals surface area (Å²) in [4.78, 5) is 9.87. The van der Waals surface area contributed by atoms with Gasteiger partial charge in [0.05, 0.1) is 0 Å². The van der Waals surface area contributed by atoms with Gasteiger partial charge in [-0.2, -0.15) is 33.7 Å². The quantitative estimate of drug-likeness (QED) is 0.329. The molecule has 0 aliphatic carbocycles. The van der Waals surface area contributed by atoms with Crippen LogP contribution in [0.2, 0.25) is 0 Å². The van der Waals surface area contributed by atoms with Crippen LogP contribution in [-0.2, 0) is 4.79 Å². The van der Waals surface area contributed by atoms with Crippen molar-refractivity contribution in [2.24, 2.45) is 0 Å². The first-order valence-corrected chi connectivity index (χ1v) is 5.04. The first-order valence-electron chi connectivity index (χ1n) is 3.89. The third kappa shape index (κ3) is 7.36. The Labute approximate surface area is 105 Å². The number of carbonyl (C=O) groups excluding carboxylic acids is 1. The van der Waals surface area contributed by atoms with E-state index in [4.69, 9.17) is 0 Å². The maximum absolute atomic E-state index is 12.2. The van der Waals surface area contributed by atoms with Gasteiger partial charge in [-0.1, -0.05) is 0 Å². The van der Waals surface area contributed by atoms with E-state index in [1.165, 1.54) is 0 Å². The first kappa shape index (κ1) is 18.4. The zero-order chi connectivity index (χ0) is 12.1. The molecule has 0 spiro atoms. The fourth-order valence-electron chi connectivity index (χ4n) is 0.600. The molecule has 0 aromatic carbocycles. The summed E-state index contributed by atoms with van der Waals surface area (Å²) in [5.41, 5.74) is 0. The summed E-state index contributed by atoms with van der Waals surface area (Å²) >= 11 is 0.724. The Morgan fingerprint density at radius 1 is 1.12 bits per heavy atom. The number of halogens is 5. The van der Waals surface area contributed by atoms with Crippen molar-refractivity contribution in [1.82, 2.24) is 0 Å². The van der Waals surface area contributed by atoms with E-state index in [0.29, 0.717) is 0 Å². The number of hydrogen-bond acceptors (Lipinski definition) is 3. The van der Waals surface area contributed by atoms with E-state index in [2.05, 4.69) is 0 Å². The molecule has 0 aliphatic rings. The van der Waals surface area contributed by atoms with Gasteiger partial charge in [0.25, 0.3) is 0 Å². The van der Waals surface area contributed by atoms with Gasteiger partial charge >= 0.3 is 31.0 Å². The number of carboxylic acids is 1. The summed E-state index contributed by atoms with van der Waals surface area (Å²) in [6.07, 6.45) is -7.24. The molecule has 0 aliphatic heterocycles. The minimum atomic E-state index is -5.54. The van der Waals surface area contributed by atoms with Gasteiger partial charge in [-0.3, -0.25) is 0 Å². The molecule has 0 radical (unpaired) electrons. The van der Waals surface area contributed by atoms with Gasteiger partial charge in [-0.25, -0.2) is 0 Å². The SMILES string of the molecule is O=C([O-])CCSCCC(F)(F)C(F)(F)F.[Li+]. The minimum Gasteiger partial charge on any atom is -0.550 e. The summed E-state index contributed by atoms with van der Waals surface area (Å²) in [5.74, 6) is -6.54. The fourth-order valence-corrected chi connectivity index (χ4v) is 1.52. The molecule has 2 nitrogen and oxygen atoms in total. The molecule has 9 heteroatoms. The third-order valence-electron chi connectivity index (χ3n) is 1.43. The van der Waals surface area contributed by atoms with E-state index >= 15 is 0 Å². The molecule has 90 valence electrons. The van der Waals surface area contributed by atoms with Crippen LogP contribution in [-0.4, -0.2) is 29.6 Å². The Bertz CT molecular complexity index is 221. The van der Waals surface area contributed by atoms with Crippen molar-refractivity contribution in [2.45, 2.75) is 24.9 Å². The van der Waals surface area contributed by atoms with Crippen LogP contribution in [0, 0.1) is 0 Å². The van der Waals surface area contributed by atoms with E-state index in [-0.39, 0.29) is 31.0 Å². The van der Waals surface area contributed by atoms with Crippen LogP contribution < -0.4 is 24.0 Å². The van der Waals surface area contributed by atoms with Crippen molar-refractivity contribution >= 4 is 17.7 Å². The van der Waals surface area contributed by atoms with Crippen LogP contribution in [0.1, 0.15) is 12.8 Å². The predicted molar refractivity (Wildman–Crippen MR) is 42.6 cm³/mol. The zero-order valence-electron chi connectivity index (χ0n) is 8.44. The fraction of sp³-hybridized carbons (Fsp3) is 0.857. The molecular weight excluding hydrogens is 250 g/mol. The van der Waals surface area contributed by atoms with Gasteiger partial charge in [0.15, 0.2) is 0 Å². The van der Waals surface area contributed by atoms with Gasteiger partial charge in [-0.15, -0.1) is 0 Å². The van der Waals surface area contributed by atoms with Gasteiger partial charge < -0.3 is 9.90 Å². The minimum absolute atomic E-state index is 0. The van der Waals surface area contributed by atoms with Crippen LogP contribution in [0.3, 0.4) is 0 Å². The molecule has 0 heterocycles. The largest absolute Gasteiger partial charge is 1.00 e. The molecule has 0 atom stereocenters. The normalized spacial score (nSPS) is 12.1. The number of rotatable bonds is 6. The van der Waals surface area contributed by atoms with E-state index in [0.717, 1.165) is 11.8 Å². The van der Waals surface area contributed by atoms with Crippen molar-refractivity contribution < 1.29 is 50.7 Å². The van der Waals surface area contributed by atoms with E-state index in [1.807, 2.05) is 0 Å². The van der Waals surface area contributed by atoms with E-state index in [1.54, 1.807) is 0 Å². The summed E-state index contributed by atoms with van der Waals surface area (Å²) in [6, 6.07) is 0. The molecule has 0 fully saturated rings. The van der Waals surface area contributed by atoms with Crippen molar-refractivity contribution in [3.05, 3.63) is 0 Å². The molecule has 0 aromatic heterocycles. The van der Waals surface area contributed by atoms with Crippen molar-refractivity contribution in [2.75, 3.05) is 11.5 Å². The van der Waals surface area contributed by atoms with E-state index < -0.39 is 30.2 Å². The monoisotopic (exact) mass is 258 g/mol. The molecule has 16 heavy (non-hydrogen) atoms. The number of aliphatic carboxylic acids is 1. The maximum Gasteiger partial charge on any atom is 1.00 e. The molecule has 0 amide bonds. The average Bonchev–Trinajstić information content (AvgIpc) is 2.00. The Balaban J connectivity index is 0. The smallest absolute Gasteiger partial charge is 0.550 e. The third-order valence-corrected chi connectivity index (χ3v) is 2.41. The van der Waals surface area contributed by atoms with Gasteiger partial charge in [0, 0.05) is 12.4 Å². The van der Waals surface area contributed by atoms with Crippen LogP contribution >= 0.6 is 11.8 Å². The molecule has 0 rings (SSSR count). The number of alkyl halides is 5. The van der Waals surface area contributed by atoms with E-state index in [9.17, 15) is 31.9 Å². The Morgan fingerprint density at radius 3 is 2.00 bits per heavy atom. The van der Waals surface area contributed by atoms with Crippen molar-refractivity contribution in [3.8, 4) is 0 Å². The van der Waals surface area contributed by atoms with Crippen LogP contribution in [0.15, 0.2) is 0 Å². The Morgan fingerprint density at radius 2 is 1.62 bits per heavy atom. The number of carbonyl (C=O) groups is 1. The second-order valence-electron chi connectivity index (χ2n) is 2.69. The molecule has 0 unspecified atom stereocenters. The topological polar surface area (TPSA) is 40.1 Å². The van der Waals surface area contributed by atoms with Gasteiger partial charge in [0.2, 0.25) is 0 Å². The van der Waals surface area contributed by atoms with Crippen molar-refractivity contribution in [3.63, 3.8) is 0 Å². The van der Waals surface area contributed by atoms with Crippen LogP contribution in [0.25, 0.3) is 0 Å². The first-order chi connectivity index (χ1) is 6.67. The molecular formula is C7H8F5LiO2S. The van der Waals surface area contributed by atoms with Gasteiger partial charge in [-0.05, 0) is 17.9 Å². The summed E-state index contributed by atoms with van der Waals surface area (Å²) in [5, 5.41) is 9.87. The average molecular weight is 258 g/mol. The second kappa shape index (κ2) is 7.40. The Kier molecular flexibility index (Phi) is 8.53. The summed E-state index contributed by atoms with van der Waals surface area (Å²) < 4.78 is 59.3. The number of hydrogen-bond donors (Lipinski definition) is 0. The molecule has 0 bridgehead atoms. The molecule has 0 aromatic rings. The summed E-state index contributed by atoms with van der Waals surface area (Å²) in [7, 11) is 0. The molecule has 0 N–H and O–H groups in total. The Hall–Kier alpha value is 0.0674. The standard InChI is InChI=1S/C7H9F5O2S.Li/c8-6(9,7(10,11)12)2-4-15-3-1-5(13)14;/h1-4H2,(H,13,14);/q;+1/p-1. The van der Waals surface area contributed by atoms with Gasteiger partial charge in [0.1, 0.15) is 0 Å². The van der Waals surface area contributed by atoms with Crippen molar-refractivity contribution in [1.29, 1.82) is 0 Å². The number of carboxylic acid groups (broad SMARTS) is 1. The predicted octanol–water partition coefficient (Wildman–Crippen LogP) is -1.55. The zero-order valence-corrected chi connectivity index (χ0v) is 9.26.